The first-order chi connectivity index (χ1) is 12.3. The zero-order chi connectivity index (χ0) is 17.7. The molecule has 0 aliphatic heterocycles. The number of nitrogens with one attached hydrogen (secondary N) is 2. The number of aromatic nitrogens is 1. The largest absolute Gasteiger partial charge is 0.473 e. The number of benzene rings is 1. The van der Waals surface area contributed by atoms with E-state index in [1.807, 2.05) is 49.4 Å². The van der Waals surface area contributed by atoms with E-state index < -0.39 is 0 Å². The first-order valence-corrected chi connectivity index (χ1v) is 8.45. The average molecular weight is 470 g/mol. The first kappa shape index (κ1) is 22.2. The third-order valence-corrected chi connectivity index (χ3v) is 3.46. The second-order valence-corrected chi connectivity index (χ2v) is 5.33. The fourth-order valence-electron chi connectivity index (χ4n) is 2.16. The van der Waals surface area contributed by atoms with Gasteiger partial charge in [0.2, 0.25) is 5.88 Å². The maximum Gasteiger partial charge on any atom is 0.213 e. The van der Waals surface area contributed by atoms with Gasteiger partial charge in [-0.15, -0.1) is 24.0 Å². The summed E-state index contributed by atoms with van der Waals surface area (Å²) in [5, 5.41) is 6.47. The van der Waals surface area contributed by atoms with Gasteiger partial charge in [0.15, 0.2) is 5.96 Å². The SMILES string of the molecule is CCOCCNC(=NC)NCc1ccnc(OCc2ccccc2)c1.I. The van der Waals surface area contributed by atoms with Crippen LogP contribution in [0.2, 0.25) is 0 Å². The van der Waals surface area contributed by atoms with Crippen molar-refractivity contribution >= 4 is 29.9 Å². The third kappa shape index (κ3) is 8.48. The van der Waals surface area contributed by atoms with Gasteiger partial charge >= 0.3 is 0 Å². The van der Waals surface area contributed by atoms with Gasteiger partial charge in [0.1, 0.15) is 6.61 Å². The Morgan fingerprint density at radius 1 is 1.12 bits per heavy atom. The molecule has 0 aliphatic rings. The fraction of sp³-hybridized carbons (Fsp3) is 0.368. The number of hydrogen-bond acceptors (Lipinski definition) is 4. The predicted molar refractivity (Wildman–Crippen MR) is 115 cm³/mol. The van der Waals surface area contributed by atoms with E-state index in [2.05, 4.69) is 20.6 Å². The molecule has 0 bridgehead atoms. The number of guanidine groups is 1. The van der Waals surface area contributed by atoms with E-state index in [1.54, 1.807) is 13.2 Å². The summed E-state index contributed by atoms with van der Waals surface area (Å²) in [5.41, 5.74) is 2.19. The van der Waals surface area contributed by atoms with E-state index in [-0.39, 0.29) is 24.0 Å². The van der Waals surface area contributed by atoms with Crippen molar-refractivity contribution in [2.45, 2.75) is 20.1 Å². The summed E-state index contributed by atoms with van der Waals surface area (Å²) in [7, 11) is 1.75. The van der Waals surface area contributed by atoms with Crippen molar-refractivity contribution in [3.05, 3.63) is 59.8 Å². The molecule has 1 heterocycles. The van der Waals surface area contributed by atoms with Crippen molar-refractivity contribution in [3.8, 4) is 5.88 Å². The highest BCUT2D eigenvalue weighted by molar-refractivity contribution is 14.0. The molecule has 2 aromatic rings. The van der Waals surface area contributed by atoms with Gasteiger partial charge in [-0.2, -0.15) is 0 Å². The molecule has 0 radical (unpaired) electrons. The molecule has 2 N–H and O–H groups in total. The Kier molecular flexibility index (Phi) is 11.4. The maximum atomic E-state index is 5.76. The highest BCUT2D eigenvalue weighted by Crippen LogP contribution is 2.11. The molecule has 2 rings (SSSR count). The van der Waals surface area contributed by atoms with Gasteiger partial charge in [-0.1, -0.05) is 30.3 Å². The number of hydrogen-bond donors (Lipinski definition) is 2. The lowest BCUT2D eigenvalue weighted by molar-refractivity contribution is 0.152. The van der Waals surface area contributed by atoms with Crippen LogP contribution in [0.15, 0.2) is 53.7 Å². The van der Waals surface area contributed by atoms with E-state index in [4.69, 9.17) is 9.47 Å². The monoisotopic (exact) mass is 470 g/mol. The van der Waals surface area contributed by atoms with E-state index in [0.29, 0.717) is 25.6 Å². The third-order valence-electron chi connectivity index (χ3n) is 3.46. The van der Waals surface area contributed by atoms with Gasteiger partial charge < -0.3 is 20.1 Å². The summed E-state index contributed by atoms with van der Waals surface area (Å²) in [6.45, 7) is 5.22. The summed E-state index contributed by atoms with van der Waals surface area (Å²) in [6.07, 6.45) is 1.75. The van der Waals surface area contributed by atoms with Crippen LogP contribution in [0.25, 0.3) is 0 Å². The van der Waals surface area contributed by atoms with Crippen LogP contribution in [0.5, 0.6) is 5.88 Å². The van der Waals surface area contributed by atoms with Crippen molar-refractivity contribution in [1.82, 2.24) is 15.6 Å². The predicted octanol–water partition coefficient (Wildman–Crippen LogP) is 2.98. The lowest BCUT2D eigenvalue weighted by Crippen LogP contribution is -2.38. The van der Waals surface area contributed by atoms with Crippen LogP contribution in [0.4, 0.5) is 0 Å². The molecule has 1 aromatic carbocycles. The molecular weight excluding hydrogens is 443 g/mol. The smallest absolute Gasteiger partial charge is 0.213 e. The normalized spacial score (nSPS) is 10.8. The highest BCUT2D eigenvalue weighted by Gasteiger charge is 2.02. The Hall–Kier alpha value is -1.87. The molecule has 142 valence electrons. The summed E-state index contributed by atoms with van der Waals surface area (Å²) in [4.78, 5) is 8.45. The van der Waals surface area contributed by atoms with Crippen LogP contribution in [0, 0.1) is 0 Å². The molecule has 0 aliphatic carbocycles. The van der Waals surface area contributed by atoms with E-state index in [1.165, 1.54) is 0 Å². The van der Waals surface area contributed by atoms with Crippen molar-refractivity contribution in [3.63, 3.8) is 0 Å². The minimum absolute atomic E-state index is 0. The Balaban J connectivity index is 0.00000338. The summed E-state index contributed by atoms with van der Waals surface area (Å²) < 4.78 is 11.1. The Morgan fingerprint density at radius 2 is 1.92 bits per heavy atom. The lowest BCUT2D eigenvalue weighted by Gasteiger charge is -2.12. The van der Waals surface area contributed by atoms with Gasteiger partial charge in [0, 0.05) is 39.0 Å². The van der Waals surface area contributed by atoms with Gasteiger partial charge in [0.25, 0.3) is 0 Å². The molecule has 6 nitrogen and oxygen atoms in total. The summed E-state index contributed by atoms with van der Waals surface area (Å²) in [6, 6.07) is 13.9. The van der Waals surface area contributed by atoms with Gasteiger partial charge in [-0.25, -0.2) is 4.98 Å². The van der Waals surface area contributed by atoms with E-state index >= 15 is 0 Å². The van der Waals surface area contributed by atoms with E-state index in [0.717, 1.165) is 30.2 Å². The molecule has 0 amide bonds. The zero-order valence-electron chi connectivity index (χ0n) is 15.3. The van der Waals surface area contributed by atoms with Gasteiger partial charge in [-0.3, -0.25) is 4.99 Å². The molecule has 0 spiro atoms. The topological polar surface area (TPSA) is 67.8 Å². The minimum atomic E-state index is 0. The van der Waals surface area contributed by atoms with Crippen LogP contribution in [0.1, 0.15) is 18.1 Å². The second-order valence-electron chi connectivity index (χ2n) is 5.33. The Morgan fingerprint density at radius 3 is 2.65 bits per heavy atom. The van der Waals surface area contributed by atoms with Crippen LogP contribution in [-0.4, -0.2) is 37.7 Å². The minimum Gasteiger partial charge on any atom is -0.473 e. The average Bonchev–Trinajstić information content (AvgIpc) is 2.67. The number of aliphatic imine (C=N–C) groups is 1. The van der Waals surface area contributed by atoms with Crippen LogP contribution in [-0.2, 0) is 17.9 Å². The van der Waals surface area contributed by atoms with Crippen molar-refractivity contribution in [2.24, 2.45) is 4.99 Å². The first-order valence-electron chi connectivity index (χ1n) is 8.45. The quantitative estimate of drug-likeness (QED) is 0.255. The maximum absolute atomic E-state index is 5.76. The number of pyridine rings is 1. The molecule has 0 unspecified atom stereocenters. The van der Waals surface area contributed by atoms with Crippen LogP contribution in [0.3, 0.4) is 0 Å². The summed E-state index contributed by atoms with van der Waals surface area (Å²) >= 11 is 0. The molecule has 7 heteroatoms. The van der Waals surface area contributed by atoms with Gasteiger partial charge in [0.05, 0.1) is 6.61 Å². The lowest BCUT2D eigenvalue weighted by atomic mass is 10.2. The number of rotatable bonds is 9. The molecule has 1 aromatic heterocycles. The van der Waals surface area contributed by atoms with Crippen molar-refractivity contribution in [1.29, 1.82) is 0 Å². The standard InChI is InChI=1S/C19H26N4O2.HI/c1-3-24-12-11-22-19(20-2)23-14-17-9-10-21-18(13-17)25-15-16-7-5-4-6-8-16;/h4-10,13H,3,11-12,14-15H2,1-2H3,(H2,20,22,23);1H. The molecule has 0 saturated carbocycles. The number of nitrogens with zero attached hydrogens (tertiary/aromatic N) is 2. The Labute approximate surface area is 172 Å². The van der Waals surface area contributed by atoms with Gasteiger partial charge in [-0.05, 0) is 24.1 Å². The van der Waals surface area contributed by atoms with Crippen LogP contribution >= 0.6 is 24.0 Å². The summed E-state index contributed by atoms with van der Waals surface area (Å²) in [5.74, 6) is 1.35. The van der Waals surface area contributed by atoms with Crippen molar-refractivity contribution < 1.29 is 9.47 Å². The fourth-order valence-corrected chi connectivity index (χ4v) is 2.16. The Bertz CT molecular complexity index is 653. The molecular formula is C19H27IN4O2. The molecule has 0 atom stereocenters. The highest BCUT2D eigenvalue weighted by atomic mass is 127. The van der Waals surface area contributed by atoms with E-state index in [9.17, 15) is 0 Å². The molecule has 26 heavy (non-hydrogen) atoms. The molecule has 0 fully saturated rings. The number of ether oxygens (including phenoxy) is 2. The van der Waals surface area contributed by atoms with Crippen molar-refractivity contribution in [2.75, 3.05) is 26.8 Å². The number of halogens is 1. The second kappa shape index (κ2) is 13.3. The molecule has 0 saturated heterocycles. The van der Waals surface area contributed by atoms with Crippen LogP contribution < -0.4 is 15.4 Å². The zero-order valence-corrected chi connectivity index (χ0v) is 17.6.